The number of carbonyl (C=O) groups excluding carboxylic acids is 5. The predicted octanol–water partition coefficient (Wildman–Crippen LogP) is 6.96. The minimum absolute atomic E-state index is 0.000576. The summed E-state index contributed by atoms with van der Waals surface area (Å²) in [7, 11) is 0. The van der Waals surface area contributed by atoms with E-state index in [0.29, 0.717) is 67.2 Å². The molecule has 5 aromatic rings. The number of hydrogen-bond donors (Lipinski definition) is 5. The van der Waals surface area contributed by atoms with Crippen LogP contribution in [0.1, 0.15) is 117 Å². The maximum absolute atomic E-state index is 14.7. The third-order valence-electron chi connectivity index (χ3n) is 16.2. The van der Waals surface area contributed by atoms with Gasteiger partial charge in [0.05, 0.1) is 46.7 Å². The number of nitrogens with one attached hydrogen (secondary N) is 4. The molecule has 6 atom stereocenters. The van der Waals surface area contributed by atoms with Crippen molar-refractivity contribution in [2.24, 2.45) is 22.7 Å². The molecule has 2 saturated carbocycles. The standard InChI is InChI=1S/C55H65F3N10O7S/c1-31-46(76-30-60-31)33-15-16-34(24-59-48(71)40-21-37(69)29-67(40)50(73)47(52(2,3)4)63-51(74)54(56)17-18-54)41(20-33)75-19-11-7-10-14-43(70)66-26-35(27-66)45(32-12-8-6-9-13-32)68-28-36(25-61-68)62-49(72)44-38-22-42-53(5,55(42,57)58)23-39(38)64-65-44/h6,8-9,12-13,15-16,20,25,28,30,35,37,40,42,45,47,69H,7,10-11,14,17-19,21-24,26-27,29H2,1-5H3,(H,59,71)(H,62,72)(H,63,74)(H,64,65)/t37-,40+,42+,45-,47?,53-/m1/s1. The van der Waals surface area contributed by atoms with E-state index < -0.39 is 70.2 Å². The summed E-state index contributed by atoms with van der Waals surface area (Å²) in [4.78, 5) is 76.0. The van der Waals surface area contributed by atoms with Crippen LogP contribution < -0.4 is 20.7 Å². The number of carbonyl (C=O) groups is 5. The number of β-amino-alcohol motifs (C(OH)–C–C–N with tert-alkyl or cyclic N) is 1. The zero-order valence-corrected chi connectivity index (χ0v) is 44.2. The number of ether oxygens (including phenoxy) is 1. The van der Waals surface area contributed by atoms with Gasteiger partial charge in [0.2, 0.25) is 17.7 Å². The molecule has 5 aliphatic rings. The summed E-state index contributed by atoms with van der Waals surface area (Å²) in [5.41, 5.74) is 2.99. The number of halogens is 3. The fourth-order valence-corrected chi connectivity index (χ4v) is 12.0. The minimum atomic E-state index is -2.77. The topological polar surface area (TPSA) is 217 Å². The molecule has 10 rings (SSSR count). The van der Waals surface area contributed by atoms with Crippen LogP contribution in [0.25, 0.3) is 10.4 Å². The van der Waals surface area contributed by atoms with E-state index in [1.807, 2.05) is 60.4 Å². The van der Waals surface area contributed by atoms with E-state index in [9.17, 15) is 42.3 Å². The van der Waals surface area contributed by atoms with E-state index in [4.69, 9.17) is 4.74 Å². The van der Waals surface area contributed by atoms with Crippen molar-refractivity contribution in [1.82, 2.24) is 45.4 Å². The van der Waals surface area contributed by atoms with E-state index >= 15 is 0 Å². The number of aryl methyl sites for hydroxylation is 1. The van der Waals surface area contributed by atoms with Crippen LogP contribution in [0.5, 0.6) is 5.75 Å². The summed E-state index contributed by atoms with van der Waals surface area (Å²) in [5.74, 6) is -5.32. The molecule has 1 unspecified atom stereocenters. The Morgan fingerprint density at radius 2 is 1.78 bits per heavy atom. The quantitative estimate of drug-likeness (QED) is 0.0536. The molecule has 2 aromatic carbocycles. The highest BCUT2D eigenvalue weighted by Gasteiger charge is 2.78. The number of H-pyrrole nitrogens is 1. The van der Waals surface area contributed by atoms with Crippen LogP contribution in [0, 0.1) is 29.6 Å². The normalized spacial score (nSPS) is 22.9. The van der Waals surface area contributed by atoms with Crippen molar-refractivity contribution in [3.8, 4) is 16.2 Å². The molecule has 0 spiro atoms. The SMILES string of the molecule is Cc1ncsc1-c1ccc(CNC(=O)[C@@H]2C[C@@H](O)CN2C(=O)C(NC(=O)C2(F)CC2)C(C)(C)C)c(OCCCCCC(=O)N2CC([C@@H](c3ccccc3)n3cc(NC(=O)c4n[nH]c5c4C[C@@H]4C(F)(F)[C@]4(C)C5)cn3)C2)c1. The molecule has 5 amide bonds. The molecule has 0 radical (unpaired) electrons. The van der Waals surface area contributed by atoms with Gasteiger partial charge in [-0.2, -0.15) is 10.2 Å². The highest BCUT2D eigenvalue weighted by molar-refractivity contribution is 7.13. The van der Waals surface area contributed by atoms with Gasteiger partial charge in [-0.05, 0) is 68.1 Å². The second-order valence-electron chi connectivity index (χ2n) is 22.7. The Labute approximate surface area is 442 Å². The highest BCUT2D eigenvalue weighted by atomic mass is 32.1. The van der Waals surface area contributed by atoms with Crippen molar-refractivity contribution in [2.75, 3.05) is 31.6 Å². The van der Waals surface area contributed by atoms with E-state index in [1.54, 1.807) is 50.3 Å². The number of likely N-dealkylation sites (tertiary alicyclic amines) is 2. The van der Waals surface area contributed by atoms with Crippen LogP contribution in [0.3, 0.4) is 0 Å². The first-order valence-corrected chi connectivity index (χ1v) is 27.1. The van der Waals surface area contributed by atoms with Crippen LogP contribution in [0.4, 0.5) is 18.9 Å². The zero-order valence-electron chi connectivity index (χ0n) is 43.3. The number of thiazole rings is 1. The van der Waals surface area contributed by atoms with Crippen LogP contribution in [-0.4, -0.2) is 125 Å². The van der Waals surface area contributed by atoms with Crippen LogP contribution >= 0.6 is 11.3 Å². The largest absolute Gasteiger partial charge is 0.493 e. The first-order valence-electron chi connectivity index (χ1n) is 26.2. The number of rotatable bonds is 19. The molecule has 76 heavy (non-hydrogen) atoms. The van der Waals surface area contributed by atoms with E-state index in [2.05, 4.69) is 36.2 Å². The number of unbranched alkanes of at least 4 members (excludes halogenated alkanes) is 2. The first-order chi connectivity index (χ1) is 36.1. The molecule has 5 heterocycles. The van der Waals surface area contributed by atoms with Crippen molar-refractivity contribution in [1.29, 1.82) is 0 Å². The Balaban J connectivity index is 0.714. The number of aromatic nitrogens is 5. The summed E-state index contributed by atoms with van der Waals surface area (Å²) in [6, 6.07) is 13.2. The molecule has 17 nitrogen and oxygen atoms in total. The van der Waals surface area contributed by atoms with Crippen LogP contribution in [0.2, 0.25) is 0 Å². The number of anilines is 1. The Bertz CT molecular complexity index is 3020. The average molecular weight is 1070 g/mol. The summed E-state index contributed by atoms with van der Waals surface area (Å²) < 4.78 is 52.0. The average Bonchev–Trinajstić information content (AvgIpc) is 4.00. The zero-order chi connectivity index (χ0) is 53.9. The third kappa shape index (κ3) is 10.4. The molecule has 21 heteroatoms. The number of amides is 5. The lowest BCUT2D eigenvalue weighted by atomic mass is 9.85. The number of hydrogen-bond acceptors (Lipinski definition) is 11. The Hall–Kier alpha value is -6.61. The fourth-order valence-electron chi connectivity index (χ4n) is 11.2. The second kappa shape index (κ2) is 20.4. The third-order valence-corrected chi connectivity index (χ3v) is 17.1. The molecular formula is C55H65F3N10O7S. The van der Waals surface area contributed by atoms with Crippen molar-refractivity contribution in [2.45, 2.75) is 135 Å². The lowest BCUT2D eigenvalue weighted by molar-refractivity contribution is -0.145. The number of benzene rings is 2. The van der Waals surface area contributed by atoms with Crippen LogP contribution in [-0.2, 0) is 38.6 Å². The summed E-state index contributed by atoms with van der Waals surface area (Å²) >= 11 is 1.50. The first kappa shape index (κ1) is 52.8. The van der Waals surface area contributed by atoms with Gasteiger partial charge in [-0.3, -0.25) is 33.8 Å². The summed E-state index contributed by atoms with van der Waals surface area (Å²) in [6.45, 7) is 10.1. The lowest BCUT2D eigenvalue weighted by Crippen LogP contribution is -2.59. The number of aromatic amines is 1. The van der Waals surface area contributed by atoms with Gasteiger partial charge < -0.3 is 35.6 Å². The Morgan fingerprint density at radius 3 is 2.49 bits per heavy atom. The van der Waals surface area contributed by atoms with Gasteiger partial charge in [-0.25, -0.2) is 18.2 Å². The van der Waals surface area contributed by atoms with Gasteiger partial charge in [0, 0.05) is 85.7 Å². The molecular weight excluding hydrogens is 1000 g/mol. The molecule has 404 valence electrons. The van der Waals surface area contributed by atoms with Gasteiger partial charge in [0.1, 0.15) is 17.8 Å². The monoisotopic (exact) mass is 1070 g/mol. The van der Waals surface area contributed by atoms with Crippen LogP contribution in [0.15, 0.2) is 66.4 Å². The van der Waals surface area contributed by atoms with Crippen molar-refractivity contribution in [3.63, 3.8) is 0 Å². The van der Waals surface area contributed by atoms with E-state index in [0.717, 1.165) is 28.1 Å². The maximum Gasteiger partial charge on any atom is 0.276 e. The minimum Gasteiger partial charge on any atom is -0.493 e. The summed E-state index contributed by atoms with van der Waals surface area (Å²) in [5, 5.41) is 30.7. The van der Waals surface area contributed by atoms with Gasteiger partial charge in [0.15, 0.2) is 11.4 Å². The van der Waals surface area contributed by atoms with Gasteiger partial charge in [0.25, 0.3) is 17.7 Å². The van der Waals surface area contributed by atoms with E-state index in [1.165, 1.54) is 16.2 Å². The van der Waals surface area contributed by atoms with Gasteiger partial charge >= 0.3 is 0 Å². The second-order valence-corrected chi connectivity index (χ2v) is 23.5. The van der Waals surface area contributed by atoms with Crippen molar-refractivity contribution >= 4 is 46.6 Å². The fraction of sp³-hybridized carbons (Fsp3) is 0.527. The molecule has 5 N–H and O–H groups in total. The highest BCUT2D eigenvalue weighted by Crippen LogP contribution is 2.70. The molecule has 2 aliphatic heterocycles. The molecule has 4 fully saturated rings. The van der Waals surface area contributed by atoms with Crippen molar-refractivity contribution < 1.29 is 47.0 Å². The number of fused-ring (bicyclic) bond motifs is 2. The van der Waals surface area contributed by atoms with Crippen molar-refractivity contribution in [3.05, 3.63) is 100 Å². The van der Waals surface area contributed by atoms with E-state index in [-0.39, 0.29) is 68.8 Å². The van der Waals surface area contributed by atoms with Gasteiger partial charge in [-0.1, -0.05) is 70.2 Å². The number of alkyl halides is 3. The molecule has 2 saturated heterocycles. The maximum atomic E-state index is 14.7. The number of nitrogens with zero attached hydrogens (tertiary/aromatic N) is 6. The molecule has 3 aliphatic carbocycles. The lowest BCUT2D eigenvalue weighted by Gasteiger charge is -2.43. The Morgan fingerprint density at radius 1 is 1.01 bits per heavy atom. The Kier molecular flexibility index (Phi) is 14.2. The summed E-state index contributed by atoms with van der Waals surface area (Å²) in [6.07, 6.45) is 5.14. The predicted molar refractivity (Wildman–Crippen MR) is 276 cm³/mol. The molecule has 3 aromatic heterocycles. The molecule has 0 bridgehead atoms. The van der Waals surface area contributed by atoms with Gasteiger partial charge in [-0.15, -0.1) is 11.3 Å². The number of aliphatic hydroxyl groups excluding tert-OH is 1. The smallest absolute Gasteiger partial charge is 0.276 e. The number of aliphatic hydroxyl groups is 1.